The second-order valence-electron chi connectivity index (χ2n) is 6.32. The first-order valence-corrected chi connectivity index (χ1v) is 8.64. The first-order valence-electron chi connectivity index (χ1n) is 7.84. The molecule has 0 amide bonds. The quantitative estimate of drug-likeness (QED) is 0.672. The molecule has 2 heterocycles. The number of halogens is 1. The largest absolute Gasteiger partial charge is 0.422 e. The number of nitrogens with zero attached hydrogens (tertiary/aromatic N) is 2. The van der Waals surface area contributed by atoms with Crippen molar-refractivity contribution in [1.29, 1.82) is 0 Å². The minimum Gasteiger partial charge on any atom is -0.422 e. The molecular weight excluding hydrogens is 374 g/mol. The zero-order valence-corrected chi connectivity index (χ0v) is 14.7. The maximum atomic E-state index is 12.4. The van der Waals surface area contributed by atoms with Crippen LogP contribution in [0.4, 0.5) is 0 Å². The Morgan fingerprint density at radius 2 is 2.04 bits per heavy atom. The van der Waals surface area contributed by atoms with Crippen LogP contribution in [0.2, 0.25) is 0 Å². The van der Waals surface area contributed by atoms with Gasteiger partial charge in [0.15, 0.2) is 5.82 Å². The van der Waals surface area contributed by atoms with Gasteiger partial charge in [-0.2, -0.15) is 4.98 Å². The third kappa shape index (κ3) is 2.39. The SMILES string of the molecule is Cc1c(-c2nc(C3(N)CCCC3)no2)c(=O)oc2ccc(Br)cc12. The summed E-state index contributed by atoms with van der Waals surface area (Å²) in [6, 6.07) is 5.48. The highest BCUT2D eigenvalue weighted by molar-refractivity contribution is 9.10. The summed E-state index contributed by atoms with van der Waals surface area (Å²) in [5, 5.41) is 4.85. The van der Waals surface area contributed by atoms with Crippen molar-refractivity contribution in [3.63, 3.8) is 0 Å². The fourth-order valence-electron chi connectivity index (χ4n) is 3.33. The molecule has 0 unspecified atom stereocenters. The lowest BCUT2D eigenvalue weighted by Crippen LogP contribution is -2.34. The van der Waals surface area contributed by atoms with Crippen LogP contribution in [0, 0.1) is 6.92 Å². The minimum absolute atomic E-state index is 0.162. The van der Waals surface area contributed by atoms with Gasteiger partial charge in [-0.15, -0.1) is 0 Å². The van der Waals surface area contributed by atoms with Crippen LogP contribution >= 0.6 is 15.9 Å². The van der Waals surface area contributed by atoms with Gasteiger partial charge >= 0.3 is 5.63 Å². The van der Waals surface area contributed by atoms with Crippen LogP contribution in [-0.4, -0.2) is 10.1 Å². The molecule has 1 aliphatic rings. The van der Waals surface area contributed by atoms with Crippen LogP contribution in [0.1, 0.15) is 37.1 Å². The van der Waals surface area contributed by atoms with Gasteiger partial charge in [0.25, 0.3) is 5.89 Å². The monoisotopic (exact) mass is 389 g/mol. The smallest absolute Gasteiger partial charge is 0.349 e. The lowest BCUT2D eigenvalue weighted by atomic mass is 9.98. The van der Waals surface area contributed by atoms with E-state index in [-0.39, 0.29) is 5.89 Å². The highest BCUT2D eigenvalue weighted by atomic mass is 79.9. The van der Waals surface area contributed by atoms with E-state index in [0.29, 0.717) is 17.0 Å². The van der Waals surface area contributed by atoms with E-state index >= 15 is 0 Å². The normalized spacial score (nSPS) is 16.8. The molecule has 24 heavy (non-hydrogen) atoms. The molecular formula is C17H16BrN3O3. The number of hydrogen-bond donors (Lipinski definition) is 1. The lowest BCUT2D eigenvalue weighted by Gasteiger charge is -2.17. The maximum Gasteiger partial charge on any atom is 0.349 e. The number of rotatable bonds is 2. The van der Waals surface area contributed by atoms with E-state index in [2.05, 4.69) is 26.1 Å². The molecule has 0 atom stereocenters. The van der Waals surface area contributed by atoms with Gasteiger partial charge in [0, 0.05) is 9.86 Å². The first kappa shape index (κ1) is 15.5. The molecule has 7 heteroatoms. The van der Waals surface area contributed by atoms with E-state index in [1.54, 1.807) is 6.07 Å². The average molecular weight is 390 g/mol. The van der Waals surface area contributed by atoms with Crippen molar-refractivity contribution in [1.82, 2.24) is 10.1 Å². The Kier molecular flexibility index (Phi) is 3.58. The number of nitrogens with two attached hydrogens (primary N) is 1. The summed E-state index contributed by atoms with van der Waals surface area (Å²) >= 11 is 3.43. The van der Waals surface area contributed by atoms with Gasteiger partial charge in [0.1, 0.15) is 11.1 Å². The van der Waals surface area contributed by atoms with Crippen LogP contribution in [0.25, 0.3) is 22.4 Å². The zero-order chi connectivity index (χ0) is 16.9. The highest BCUT2D eigenvalue weighted by Gasteiger charge is 2.36. The second kappa shape index (κ2) is 5.53. The van der Waals surface area contributed by atoms with E-state index in [4.69, 9.17) is 14.7 Å². The molecule has 1 aromatic carbocycles. The molecule has 4 rings (SSSR count). The van der Waals surface area contributed by atoms with E-state index in [0.717, 1.165) is 41.1 Å². The first-order chi connectivity index (χ1) is 11.5. The Labute approximate surface area is 146 Å². The third-order valence-electron chi connectivity index (χ3n) is 4.71. The van der Waals surface area contributed by atoms with Crippen LogP contribution < -0.4 is 11.4 Å². The summed E-state index contributed by atoms with van der Waals surface area (Å²) in [6.07, 6.45) is 3.74. The van der Waals surface area contributed by atoms with Crippen molar-refractivity contribution in [2.75, 3.05) is 0 Å². The van der Waals surface area contributed by atoms with Crippen LogP contribution in [-0.2, 0) is 5.54 Å². The van der Waals surface area contributed by atoms with Gasteiger partial charge in [-0.05, 0) is 43.5 Å². The fraction of sp³-hybridized carbons (Fsp3) is 0.353. The molecule has 0 bridgehead atoms. The van der Waals surface area contributed by atoms with E-state index < -0.39 is 11.2 Å². The molecule has 2 aromatic heterocycles. The second-order valence-corrected chi connectivity index (χ2v) is 7.23. The topological polar surface area (TPSA) is 95.1 Å². The number of aromatic nitrogens is 2. The van der Waals surface area contributed by atoms with Gasteiger partial charge in [-0.1, -0.05) is 33.9 Å². The van der Waals surface area contributed by atoms with Crippen LogP contribution in [0.3, 0.4) is 0 Å². The summed E-state index contributed by atoms with van der Waals surface area (Å²) < 4.78 is 11.7. The molecule has 0 aliphatic heterocycles. The van der Waals surface area contributed by atoms with Gasteiger partial charge in [0.2, 0.25) is 0 Å². The zero-order valence-electron chi connectivity index (χ0n) is 13.1. The summed E-state index contributed by atoms with van der Waals surface area (Å²) in [6.45, 7) is 1.85. The summed E-state index contributed by atoms with van der Waals surface area (Å²) in [4.78, 5) is 16.8. The van der Waals surface area contributed by atoms with Crippen LogP contribution in [0.5, 0.6) is 0 Å². The molecule has 0 spiro atoms. The Morgan fingerprint density at radius 1 is 1.29 bits per heavy atom. The molecule has 1 aliphatic carbocycles. The molecule has 1 saturated carbocycles. The number of fused-ring (bicyclic) bond motifs is 1. The highest BCUT2D eigenvalue weighted by Crippen LogP contribution is 2.36. The number of hydrogen-bond acceptors (Lipinski definition) is 6. The van der Waals surface area contributed by atoms with Crippen molar-refractivity contribution in [2.24, 2.45) is 5.73 Å². The van der Waals surface area contributed by atoms with Crippen LogP contribution in [0.15, 0.2) is 36.4 Å². The fourth-order valence-corrected chi connectivity index (χ4v) is 3.69. The average Bonchev–Trinajstić information content (AvgIpc) is 3.19. The molecule has 1 fully saturated rings. The van der Waals surface area contributed by atoms with Gasteiger partial charge in [-0.3, -0.25) is 0 Å². The number of aryl methyl sites for hydroxylation is 1. The molecule has 0 radical (unpaired) electrons. The molecule has 3 aromatic rings. The maximum absolute atomic E-state index is 12.4. The Hall–Kier alpha value is -1.99. The standard InChI is InChI=1S/C17H16BrN3O3/c1-9-11-8-10(18)4-5-12(11)23-15(22)13(9)14-20-16(21-24-14)17(19)6-2-3-7-17/h4-5,8H,2-3,6-7,19H2,1H3. The van der Waals surface area contributed by atoms with Crippen molar-refractivity contribution < 1.29 is 8.94 Å². The van der Waals surface area contributed by atoms with Gasteiger partial charge in [-0.25, -0.2) is 4.79 Å². The number of benzene rings is 1. The van der Waals surface area contributed by atoms with E-state index in [1.807, 2.05) is 19.1 Å². The minimum atomic E-state index is -0.560. The summed E-state index contributed by atoms with van der Waals surface area (Å²) in [7, 11) is 0. The van der Waals surface area contributed by atoms with Gasteiger partial charge in [0.05, 0.1) is 5.54 Å². The lowest BCUT2D eigenvalue weighted by molar-refractivity contribution is 0.372. The Bertz CT molecular complexity index is 986. The Morgan fingerprint density at radius 3 is 2.79 bits per heavy atom. The van der Waals surface area contributed by atoms with Gasteiger partial charge < -0.3 is 14.7 Å². The van der Waals surface area contributed by atoms with E-state index in [1.165, 1.54) is 0 Å². The summed E-state index contributed by atoms with van der Waals surface area (Å²) in [5.41, 5.74) is 6.88. The van der Waals surface area contributed by atoms with Crippen molar-refractivity contribution >= 4 is 26.9 Å². The molecule has 2 N–H and O–H groups in total. The third-order valence-corrected chi connectivity index (χ3v) is 5.20. The molecule has 0 saturated heterocycles. The Balaban J connectivity index is 1.88. The molecule has 124 valence electrons. The predicted molar refractivity (Wildman–Crippen MR) is 92.5 cm³/mol. The van der Waals surface area contributed by atoms with Crippen molar-refractivity contribution in [2.45, 2.75) is 38.1 Å². The molecule has 6 nitrogen and oxygen atoms in total. The predicted octanol–water partition coefficient (Wildman–Crippen LogP) is 3.64. The van der Waals surface area contributed by atoms with Crippen molar-refractivity contribution in [3.8, 4) is 11.5 Å². The van der Waals surface area contributed by atoms with Crippen molar-refractivity contribution in [3.05, 3.63) is 44.5 Å². The summed E-state index contributed by atoms with van der Waals surface area (Å²) in [5.74, 6) is 0.623. The van der Waals surface area contributed by atoms with E-state index in [9.17, 15) is 4.79 Å².